The smallest absolute Gasteiger partial charge is 0.413 e. The molecule has 0 amide bonds. The molecule has 0 aromatic heterocycles. The zero-order valence-corrected chi connectivity index (χ0v) is 8.19. The quantitative estimate of drug-likeness (QED) is 0.388. The molecule has 3 aliphatic heterocycles. The van der Waals surface area contributed by atoms with E-state index in [1.165, 1.54) is 0 Å². The first kappa shape index (κ1) is 9.11. The van der Waals surface area contributed by atoms with Crippen molar-refractivity contribution in [2.45, 2.75) is 18.2 Å². The van der Waals surface area contributed by atoms with Gasteiger partial charge in [-0.15, -0.1) is 0 Å². The van der Waals surface area contributed by atoms with Gasteiger partial charge in [0.25, 0.3) is 5.79 Å². The molecule has 82 valence electrons. The van der Waals surface area contributed by atoms with Crippen molar-refractivity contribution in [1.82, 2.24) is 10.2 Å². The maximum absolute atomic E-state index is 11.0. The number of piperazine rings is 1. The molecule has 0 aromatic carbocycles. The third kappa shape index (κ3) is 1.32. The maximum atomic E-state index is 11.0. The summed E-state index contributed by atoms with van der Waals surface area (Å²) < 4.78 is 10.1. The first-order valence-electron chi connectivity index (χ1n) is 5.10. The molecule has 3 saturated heterocycles. The Balaban J connectivity index is 1.79. The number of nitrogens with one attached hydrogen (secondary N) is 1. The van der Waals surface area contributed by atoms with Crippen molar-refractivity contribution in [1.29, 1.82) is 0 Å². The van der Waals surface area contributed by atoms with Crippen molar-refractivity contribution in [2.75, 3.05) is 26.2 Å². The van der Waals surface area contributed by atoms with Gasteiger partial charge in [-0.3, -0.25) is 4.90 Å². The number of rotatable bonds is 0. The van der Waals surface area contributed by atoms with Gasteiger partial charge in [0.2, 0.25) is 0 Å². The molecule has 6 heteroatoms. The Morgan fingerprint density at radius 1 is 1.33 bits per heavy atom. The minimum atomic E-state index is -0.995. The van der Waals surface area contributed by atoms with Crippen LogP contribution in [-0.2, 0) is 19.1 Å². The van der Waals surface area contributed by atoms with E-state index >= 15 is 0 Å². The maximum Gasteiger partial charge on any atom is 0.420 e. The molecular weight excluding hydrogens is 200 g/mol. The van der Waals surface area contributed by atoms with E-state index in [1.807, 2.05) is 0 Å². The summed E-state index contributed by atoms with van der Waals surface area (Å²) in [6.07, 6.45) is 0.581. The van der Waals surface area contributed by atoms with E-state index in [1.54, 1.807) is 0 Å². The van der Waals surface area contributed by atoms with Gasteiger partial charge >= 0.3 is 11.9 Å². The predicted octanol–water partition coefficient (Wildman–Crippen LogP) is -1.54. The molecule has 0 bridgehead atoms. The van der Waals surface area contributed by atoms with Gasteiger partial charge < -0.3 is 14.8 Å². The molecular formula is C9H12N2O4. The largest absolute Gasteiger partial charge is 0.420 e. The van der Waals surface area contributed by atoms with E-state index in [9.17, 15) is 9.59 Å². The van der Waals surface area contributed by atoms with E-state index < -0.39 is 17.7 Å². The highest BCUT2D eigenvalue weighted by molar-refractivity contribution is 6.31. The highest BCUT2D eigenvalue weighted by Crippen LogP contribution is 2.35. The van der Waals surface area contributed by atoms with Gasteiger partial charge in [-0.1, -0.05) is 0 Å². The number of ether oxygens (including phenoxy) is 2. The van der Waals surface area contributed by atoms with Crippen LogP contribution < -0.4 is 5.32 Å². The van der Waals surface area contributed by atoms with Crippen LogP contribution in [0.1, 0.15) is 6.42 Å². The fourth-order valence-corrected chi connectivity index (χ4v) is 2.54. The van der Waals surface area contributed by atoms with Crippen LogP contribution >= 0.6 is 0 Å². The fourth-order valence-electron chi connectivity index (χ4n) is 2.54. The Morgan fingerprint density at radius 3 is 2.73 bits per heavy atom. The van der Waals surface area contributed by atoms with Gasteiger partial charge in [0, 0.05) is 32.1 Å². The van der Waals surface area contributed by atoms with E-state index in [0.717, 1.165) is 19.6 Å². The van der Waals surface area contributed by atoms with Gasteiger partial charge in [-0.05, 0) is 0 Å². The lowest BCUT2D eigenvalue weighted by Crippen LogP contribution is -2.47. The lowest BCUT2D eigenvalue weighted by molar-refractivity contribution is -0.172. The zero-order chi connectivity index (χ0) is 10.5. The van der Waals surface area contributed by atoms with E-state index in [-0.39, 0.29) is 0 Å². The number of hydrogen-bond acceptors (Lipinski definition) is 6. The van der Waals surface area contributed by atoms with Crippen LogP contribution in [0, 0.1) is 0 Å². The van der Waals surface area contributed by atoms with Crippen molar-refractivity contribution < 1.29 is 19.1 Å². The van der Waals surface area contributed by atoms with E-state index in [4.69, 9.17) is 9.47 Å². The molecule has 3 rings (SSSR count). The number of carbonyl (C=O) groups is 2. The monoisotopic (exact) mass is 212 g/mol. The number of nitrogens with zero attached hydrogens (tertiary/aromatic N) is 1. The second-order valence-electron chi connectivity index (χ2n) is 4.22. The number of hydrogen-bond donors (Lipinski definition) is 1. The summed E-state index contributed by atoms with van der Waals surface area (Å²) in [5, 5.41) is 3.26. The Hall–Kier alpha value is -1.14. The molecule has 15 heavy (non-hydrogen) atoms. The third-order valence-corrected chi connectivity index (χ3v) is 3.19. The molecule has 0 radical (unpaired) electrons. The first-order chi connectivity index (χ1) is 7.19. The van der Waals surface area contributed by atoms with Crippen molar-refractivity contribution in [3.63, 3.8) is 0 Å². The van der Waals surface area contributed by atoms with Crippen molar-refractivity contribution >= 4 is 11.9 Å². The second kappa shape index (κ2) is 2.93. The predicted molar refractivity (Wildman–Crippen MR) is 47.8 cm³/mol. The van der Waals surface area contributed by atoms with Gasteiger partial charge in [-0.25, -0.2) is 9.59 Å². The first-order valence-corrected chi connectivity index (χ1v) is 5.10. The van der Waals surface area contributed by atoms with E-state index in [0.29, 0.717) is 19.0 Å². The topological polar surface area (TPSA) is 67.9 Å². The van der Waals surface area contributed by atoms with Gasteiger partial charge in [-0.2, -0.15) is 0 Å². The van der Waals surface area contributed by atoms with E-state index in [2.05, 4.69) is 10.2 Å². The molecule has 1 N–H and O–H groups in total. The van der Waals surface area contributed by atoms with Crippen LogP contribution in [0.2, 0.25) is 0 Å². The summed E-state index contributed by atoms with van der Waals surface area (Å²) in [5.74, 6) is -2.71. The molecule has 1 atom stereocenters. The van der Waals surface area contributed by atoms with Crippen LogP contribution in [0.25, 0.3) is 0 Å². The molecule has 3 heterocycles. The summed E-state index contributed by atoms with van der Waals surface area (Å²) >= 11 is 0. The molecule has 3 aliphatic rings. The highest BCUT2D eigenvalue weighted by atomic mass is 16.8. The summed E-state index contributed by atoms with van der Waals surface area (Å²) in [5.41, 5.74) is 0. The summed E-state index contributed by atoms with van der Waals surface area (Å²) in [6.45, 7) is 3.20. The average Bonchev–Trinajstić information content (AvgIpc) is 2.66. The average molecular weight is 212 g/mol. The molecule has 0 unspecified atom stereocenters. The Kier molecular flexibility index (Phi) is 1.78. The Labute approximate surface area is 86.5 Å². The Bertz CT molecular complexity index is 298. The molecule has 0 saturated carbocycles. The molecule has 0 aromatic rings. The van der Waals surface area contributed by atoms with Crippen molar-refractivity contribution in [3.8, 4) is 0 Å². The number of fused-ring (bicyclic) bond motifs is 1. The minimum absolute atomic E-state index is 0.303. The molecule has 1 spiro atoms. The molecule has 0 aliphatic carbocycles. The van der Waals surface area contributed by atoms with Crippen LogP contribution in [0.5, 0.6) is 0 Å². The second-order valence-corrected chi connectivity index (χ2v) is 4.22. The number of esters is 2. The molecule has 3 fully saturated rings. The SMILES string of the molecule is O=C1OC2(C[C@H]3CNCCN3C2)OC1=O. The lowest BCUT2D eigenvalue weighted by Gasteiger charge is -2.28. The zero-order valence-electron chi connectivity index (χ0n) is 8.19. The summed E-state index contributed by atoms with van der Waals surface area (Å²) in [4.78, 5) is 24.2. The summed E-state index contributed by atoms with van der Waals surface area (Å²) in [7, 11) is 0. The highest BCUT2D eigenvalue weighted by Gasteiger charge is 2.56. The van der Waals surface area contributed by atoms with Crippen LogP contribution in [0.3, 0.4) is 0 Å². The standard InChI is InChI=1S/C9H12N2O4/c12-7-8(13)15-9(14-7)3-6-4-10-1-2-11(6)5-9/h6,10H,1-5H2/t6-/m0/s1. The van der Waals surface area contributed by atoms with Crippen LogP contribution in [0.15, 0.2) is 0 Å². The summed E-state index contributed by atoms with van der Waals surface area (Å²) in [6, 6.07) is 0.303. The van der Waals surface area contributed by atoms with Crippen molar-refractivity contribution in [2.24, 2.45) is 0 Å². The fraction of sp³-hybridized carbons (Fsp3) is 0.778. The Morgan fingerprint density at radius 2 is 2.07 bits per heavy atom. The van der Waals surface area contributed by atoms with Crippen LogP contribution in [0.4, 0.5) is 0 Å². The number of carbonyl (C=O) groups excluding carboxylic acids is 2. The van der Waals surface area contributed by atoms with Crippen molar-refractivity contribution in [3.05, 3.63) is 0 Å². The van der Waals surface area contributed by atoms with Gasteiger partial charge in [0.05, 0.1) is 6.54 Å². The third-order valence-electron chi connectivity index (χ3n) is 3.19. The van der Waals surface area contributed by atoms with Gasteiger partial charge in [0.1, 0.15) is 0 Å². The normalized spacial score (nSPS) is 34.0. The molecule has 6 nitrogen and oxygen atoms in total. The van der Waals surface area contributed by atoms with Crippen LogP contribution in [-0.4, -0.2) is 54.8 Å². The minimum Gasteiger partial charge on any atom is -0.413 e. The lowest BCUT2D eigenvalue weighted by atomic mass is 10.1. The van der Waals surface area contributed by atoms with Gasteiger partial charge in [0.15, 0.2) is 0 Å².